The van der Waals surface area contributed by atoms with Crippen molar-refractivity contribution in [3.05, 3.63) is 48.0 Å². The molecule has 3 heterocycles. The van der Waals surface area contributed by atoms with E-state index in [2.05, 4.69) is 20.8 Å². The molecule has 0 spiro atoms. The van der Waals surface area contributed by atoms with Gasteiger partial charge in [-0.25, -0.2) is 0 Å². The van der Waals surface area contributed by atoms with Crippen LogP contribution in [-0.2, 0) is 11.3 Å². The van der Waals surface area contributed by atoms with Crippen LogP contribution in [0.2, 0.25) is 0 Å². The van der Waals surface area contributed by atoms with Gasteiger partial charge in [0.25, 0.3) is 5.91 Å². The summed E-state index contributed by atoms with van der Waals surface area (Å²) < 4.78 is 15.8. The van der Waals surface area contributed by atoms with E-state index in [0.29, 0.717) is 35.5 Å². The molecule has 1 aliphatic heterocycles. The molecule has 0 aliphatic carbocycles. The Kier molecular flexibility index (Phi) is 3.95. The largest absolute Gasteiger partial charge is 0.482 e. The number of ether oxygens (including phenoxy) is 1. The summed E-state index contributed by atoms with van der Waals surface area (Å²) in [6.07, 6.45) is 1.56. The molecule has 1 unspecified atom stereocenters. The average molecular weight is 340 g/mol. The lowest BCUT2D eigenvalue weighted by Gasteiger charge is -2.20. The monoisotopic (exact) mass is 340 g/mol. The van der Waals surface area contributed by atoms with E-state index < -0.39 is 0 Å². The maximum Gasteiger partial charge on any atom is 0.262 e. The van der Waals surface area contributed by atoms with Crippen LogP contribution in [0.15, 0.2) is 45.5 Å². The first-order valence-electron chi connectivity index (χ1n) is 7.85. The zero-order valence-electron chi connectivity index (χ0n) is 13.5. The Morgan fingerprint density at radius 2 is 2.28 bits per heavy atom. The zero-order valence-corrected chi connectivity index (χ0v) is 13.5. The molecular weight excluding hydrogens is 324 g/mol. The number of carbonyl (C=O) groups is 1. The molecule has 25 heavy (non-hydrogen) atoms. The third kappa shape index (κ3) is 3.24. The van der Waals surface area contributed by atoms with Crippen molar-refractivity contribution in [3.63, 3.8) is 0 Å². The van der Waals surface area contributed by atoms with Crippen molar-refractivity contribution in [2.45, 2.75) is 19.5 Å². The summed E-state index contributed by atoms with van der Waals surface area (Å²) in [5.41, 5.74) is 1.69. The number of benzene rings is 1. The van der Waals surface area contributed by atoms with Gasteiger partial charge in [-0.15, -0.1) is 0 Å². The summed E-state index contributed by atoms with van der Waals surface area (Å²) in [7, 11) is 0. The van der Waals surface area contributed by atoms with Crippen LogP contribution in [-0.4, -0.2) is 22.7 Å². The second-order valence-corrected chi connectivity index (χ2v) is 5.68. The fraction of sp³-hybridized carbons (Fsp3) is 0.235. The first-order chi connectivity index (χ1) is 12.2. The number of nitrogens with one attached hydrogen (secondary N) is 2. The van der Waals surface area contributed by atoms with E-state index >= 15 is 0 Å². The van der Waals surface area contributed by atoms with Gasteiger partial charge >= 0.3 is 0 Å². The van der Waals surface area contributed by atoms with Crippen molar-refractivity contribution in [2.24, 2.45) is 0 Å². The molecule has 1 aliphatic rings. The van der Waals surface area contributed by atoms with E-state index in [-0.39, 0.29) is 18.6 Å². The van der Waals surface area contributed by atoms with Crippen molar-refractivity contribution in [1.29, 1.82) is 0 Å². The SMILES string of the molecule is CC(NCc1nc(-c2ccco2)no1)c1ccc2c(c1)NC(=O)CO2. The van der Waals surface area contributed by atoms with Gasteiger partial charge in [0, 0.05) is 6.04 Å². The lowest BCUT2D eigenvalue weighted by molar-refractivity contribution is -0.118. The van der Waals surface area contributed by atoms with Crippen molar-refractivity contribution >= 4 is 11.6 Å². The first-order valence-corrected chi connectivity index (χ1v) is 7.85. The summed E-state index contributed by atoms with van der Waals surface area (Å²) in [4.78, 5) is 15.7. The van der Waals surface area contributed by atoms with Crippen LogP contribution < -0.4 is 15.4 Å². The highest BCUT2D eigenvalue weighted by atomic mass is 16.5. The summed E-state index contributed by atoms with van der Waals surface area (Å²) in [6.45, 7) is 2.47. The van der Waals surface area contributed by atoms with Gasteiger partial charge in [-0.2, -0.15) is 4.98 Å². The average Bonchev–Trinajstić information content (AvgIpc) is 3.30. The molecule has 1 amide bonds. The number of furan rings is 1. The molecule has 2 aromatic heterocycles. The summed E-state index contributed by atoms with van der Waals surface area (Å²) in [5.74, 6) is 1.97. The maximum absolute atomic E-state index is 11.4. The number of rotatable bonds is 5. The Morgan fingerprint density at radius 1 is 1.36 bits per heavy atom. The van der Waals surface area contributed by atoms with Crippen LogP contribution in [0.25, 0.3) is 11.6 Å². The van der Waals surface area contributed by atoms with Gasteiger partial charge in [0.2, 0.25) is 11.7 Å². The van der Waals surface area contributed by atoms with Gasteiger partial charge in [-0.1, -0.05) is 11.2 Å². The smallest absolute Gasteiger partial charge is 0.262 e. The Balaban J connectivity index is 1.41. The Hall–Kier alpha value is -3.13. The predicted molar refractivity (Wildman–Crippen MR) is 87.8 cm³/mol. The highest BCUT2D eigenvalue weighted by molar-refractivity contribution is 5.95. The Morgan fingerprint density at radius 3 is 3.12 bits per heavy atom. The quantitative estimate of drug-likeness (QED) is 0.735. The molecule has 1 atom stereocenters. The minimum absolute atomic E-state index is 0.0168. The zero-order chi connectivity index (χ0) is 17.2. The Bertz CT molecular complexity index is 888. The molecule has 1 aromatic carbocycles. The van der Waals surface area contributed by atoms with E-state index in [1.54, 1.807) is 18.4 Å². The summed E-state index contributed by atoms with van der Waals surface area (Å²) in [5, 5.41) is 10.0. The molecule has 2 N–H and O–H groups in total. The van der Waals surface area contributed by atoms with E-state index in [0.717, 1.165) is 5.56 Å². The number of nitrogens with zero attached hydrogens (tertiary/aromatic N) is 2. The molecule has 128 valence electrons. The molecule has 3 aromatic rings. The summed E-state index contributed by atoms with van der Waals surface area (Å²) >= 11 is 0. The molecule has 8 heteroatoms. The number of aromatic nitrogens is 2. The minimum Gasteiger partial charge on any atom is -0.482 e. The second kappa shape index (κ2) is 6.40. The van der Waals surface area contributed by atoms with Crippen LogP contribution in [0, 0.1) is 0 Å². The van der Waals surface area contributed by atoms with Crippen molar-refractivity contribution < 1.29 is 18.5 Å². The fourth-order valence-electron chi connectivity index (χ4n) is 2.56. The van der Waals surface area contributed by atoms with Gasteiger partial charge in [0.1, 0.15) is 5.75 Å². The standard InChI is InChI=1S/C17H16N4O4/c1-10(11-4-5-13-12(7-11)19-15(22)9-24-13)18-8-16-20-17(21-25-16)14-3-2-6-23-14/h2-7,10,18H,8-9H2,1H3,(H,19,22). The fourth-order valence-corrected chi connectivity index (χ4v) is 2.56. The van der Waals surface area contributed by atoms with E-state index in [1.807, 2.05) is 25.1 Å². The number of fused-ring (bicyclic) bond motifs is 1. The molecule has 0 saturated heterocycles. The van der Waals surface area contributed by atoms with E-state index in [4.69, 9.17) is 13.7 Å². The normalized spacial score (nSPS) is 14.5. The lowest BCUT2D eigenvalue weighted by Crippen LogP contribution is -2.26. The lowest BCUT2D eigenvalue weighted by atomic mass is 10.1. The molecule has 0 saturated carbocycles. The molecule has 0 fully saturated rings. The van der Waals surface area contributed by atoms with Crippen molar-refractivity contribution in [1.82, 2.24) is 15.5 Å². The number of amides is 1. The minimum atomic E-state index is -0.151. The number of carbonyl (C=O) groups excluding carboxylic acids is 1. The molecule has 0 radical (unpaired) electrons. The highest BCUT2D eigenvalue weighted by Gasteiger charge is 2.18. The van der Waals surface area contributed by atoms with Gasteiger partial charge in [-0.05, 0) is 36.8 Å². The van der Waals surface area contributed by atoms with E-state index in [1.165, 1.54) is 0 Å². The third-order valence-electron chi connectivity index (χ3n) is 3.91. The number of hydrogen-bond donors (Lipinski definition) is 2. The van der Waals surface area contributed by atoms with Crippen LogP contribution in [0.1, 0.15) is 24.4 Å². The van der Waals surface area contributed by atoms with Crippen LogP contribution in [0.3, 0.4) is 0 Å². The Labute approximate surface area is 143 Å². The number of hydrogen-bond acceptors (Lipinski definition) is 7. The van der Waals surface area contributed by atoms with Crippen LogP contribution in [0.5, 0.6) is 5.75 Å². The van der Waals surface area contributed by atoms with Crippen LogP contribution >= 0.6 is 0 Å². The van der Waals surface area contributed by atoms with Gasteiger partial charge in [-0.3, -0.25) is 4.79 Å². The number of anilines is 1. The van der Waals surface area contributed by atoms with Gasteiger partial charge in [0.05, 0.1) is 18.5 Å². The van der Waals surface area contributed by atoms with Gasteiger partial charge < -0.3 is 24.3 Å². The van der Waals surface area contributed by atoms with Crippen molar-refractivity contribution in [3.8, 4) is 17.3 Å². The molecule has 0 bridgehead atoms. The van der Waals surface area contributed by atoms with Crippen molar-refractivity contribution in [2.75, 3.05) is 11.9 Å². The predicted octanol–water partition coefficient (Wildman–Crippen LogP) is 2.51. The second-order valence-electron chi connectivity index (χ2n) is 5.68. The highest BCUT2D eigenvalue weighted by Crippen LogP contribution is 2.30. The topological polar surface area (TPSA) is 102 Å². The van der Waals surface area contributed by atoms with Gasteiger partial charge in [0.15, 0.2) is 12.4 Å². The first kappa shape index (κ1) is 15.4. The molecule has 4 rings (SSSR count). The maximum atomic E-state index is 11.4. The third-order valence-corrected chi connectivity index (χ3v) is 3.91. The molecule has 8 nitrogen and oxygen atoms in total. The van der Waals surface area contributed by atoms with Crippen LogP contribution in [0.4, 0.5) is 5.69 Å². The molecular formula is C17H16N4O4. The van der Waals surface area contributed by atoms with E-state index in [9.17, 15) is 4.79 Å². The summed E-state index contributed by atoms with van der Waals surface area (Å²) in [6, 6.07) is 9.26.